The van der Waals surface area contributed by atoms with E-state index in [4.69, 9.17) is 0 Å². The molecular formula is C14H19FN4O4S. The van der Waals surface area contributed by atoms with Crippen LogP contribution in [0, 0.1) is 15.9 Å². The number of nitrogens with one attached hydrogen (secondary N) is 1. The molecule has 1 aromatic carbocycles. The number of para-hydroxylation sites is 1. The molecule has 2 aliphatic rings. The minimum atomic E-state index is -4.10. The molecule has 10 heteroatoms. The Morgan fingerprint density at radius 1 is 1.25 bits per heavy atom. The monoisotopic (exact) mass is 358 g/mol. The molecule has 0 amide bonds. The van der Waals surface area contributed by atoms with Crippen LogP contribution in [-0.4, -0.2) is 67.9 Å². The van der Waals surface area contributed by atoms with Crippen LogP contribution in [0.3, 0.4) is 0 Å². The molecule has 0 bridgehead atoms. The Morgan fingerprint density at radius 3 is 2.54 bits per heavy atom. The van der Waals surface area contributed by atoms with E-state index in [2.05, 4.69) is 10.2 Å². The van der Waals surface area contributed by atoms with Gasteiger partial charge in [0.1, 0.15) is 0 Å². The molecule has 1 aromatic rings. The second-order valence-electron chi connectivity index (χ2n) is 5.93. The first-order valence-electron chi connectivity index (χ1n) is 7.79. The maximum absolute atomic E-state index is 13.7. The molecule has 2 aliphatic heterocycles. The van der Waals surface area contributed by atoms with E-state index in [0.717, 1.165) is 31.6 Å². The summed E-state index contributed by atoms with van der Waals surface area (Å²) in [5.74, 6) is -1.14. The van der Waals surface area contributed by atoms with Gasteiger partial charge >= 0.3 is 5.69 Å². The van der Waals surface area contributed by atoms with Crippen molar-refractivity contribution in [1.29, 1.82) is 0 Å². The van der Waals surface area contributed by atoms with Gasteiger partial charge < -0.3 is 5.32 Å². The summed E-state index contributed by atoms with van der Waals surface area (Å²) in [5.41, 5.74) is -0.986. The summed E-state index contributed by atoms with van der Waals surface area (Å²) >= 11 is 0. The number of hydrogen-bond donors (Lipinski definition) is 1. The molecule has 0 saturated carbocycles. The molecule has 0 aliphatic carbocycles. The standard InChI is InChI=1S/C14H19FN4O4S/c15-12-2-1-3-13(14(12)19(20)21)24(22,23)18-8-6-17(7-9-18)11-4-5-16-10-11/h1-3,11,16H,4-10H2. The molecular weight excluding hydrogens is 339 g/mol. The Hall–Kier alpha value is -1.62. The van der Waals surface area contributed by atoms with Crippen LogP contribution in [-0.2, 0) is 10.0 Å². The molecule has 132 valence electrons. The number of rotatable bonds is 4. The molecule has 1 unspecified atom stereocenters. The highest BCUT2D eigenvalue weighted by molar-refractivity contribution is 7.89. The van der Waals surface area contributed by atoms with Crippen molar-refractivity contribution >= 4 is 15.7 Å². The topological polar surface area (TPSA) is 95.8 Å². The highest BCUT2D eigenvalue weighted by atomic mass is 32.2. The van der Waals surface area contributed by atoms with Crippen molar-refractivity contribution in [2.75, 3.05) is 39.3 Å². The quantitative estimate of drug-likeness (QED) is 0.618. The minimum absolute atomic E-state index is 0.243. The number of benzene rings is 1. The number of piperazine rings is 1. The Morgan fingerprint density at radius 2 is 1.96 bits per heavy atom. The number of sulfonamides is 1. The SMILES string of the molecule is O=[N+]([O-])c1c(F)cccc1S(=O)(=O)N1CCN(C2CCNC2)CC1. The molecule has 2 heterocycles. The summed E-state index contributed by atoms with van der Waals surface area (Å²) in [5, 5.41) is 14.3. The van der Waals surface area contributed by atoms with Gasteiger partial charge in [0.2, 0.25) is 15.8 Å². The Bertz CT molecular complexity index is 728. The number of hydrogen-bond acceptors (Lipinski definition) is 6. The van der Waals surface area contributed by atoms with Crippen molar-refractivity contribution in [3.63, 3.8) is 0 Å². The van der Waals surface area contributed by atoms with Crippen LogP contribution in [0.4, 0.5) is 10.1 Å². The largest absolute Gasteiger partial charge is 0.324 e. The van der Waals surface area contributed by atoms with Gasteiger partial charge in [-0.05, 0) is 25.1 Å². The van der Waals surface area contributed by atoms with E-state index < -0.39 is 31.3 Å². The maximum atomic E-state index is 13.7. The smallest absolute Gasteiger partial charge is 0.315 e. The van der Waals surface area contributed by atoms with Gasteiger partial charge in [-0.15, -0.1) is 0 Å². The maximum Gasteiger partial charge on any atom is 0.324 e. The molecule has 2 fully saturated rings. The highest BCUT2D eigenvalue weighted by Gasteiger charge is 2.36. The normalized spacial score (nSPS) is 23.5. The minimum Gasteiger partial charge on any atom is -0.315 e. The molecule has 8 nitrogen and oxygen atoms in total. The van der Waals surface area contributed by atoms with Gasteiger partial charge in [0.05, 0.1) is 4.92 Å². The summed E-state index contributed by atoms with van der Waals surface area (Å²) in [6.07, 6.45) is 1.03. The van der Waals surface area contributed by atoms with E-state index in [9.17, 15) is 22.9 Å². The summed E-state index contributed by atoms with van der Waals surface area (Å²) < 4.78 is 40.4. The Balaban J connectivity index is 1.80. The van der Waals surface area contributed by atoms with Gasteiger partial charge in [0, 0.05) is 38.8 Å². The second-order valence-corrected chi connectivity index (χ2v) is 7.84. The van der Waals surface area contributed by atoms with E-state index in [-0.39, 0.29) is 13.1 Å². The van der Waals surface area contributed by atoms with Gasteiger partial charge in [0.15, 0.2) is 4.90 Å². The van der Waals surface area contributed by atoms with Crippen LogP contribution >= 0.6 is 0 Å². The molecule has 1 N–H and O–H groups in total. The average molecular weight is 358 g/mol. The first kappa shape index (κ1) is 17.2. The summed E-state index contributed by atoms with van der Waals surface area (Å²) in [6.45, 7) is 3.46. The first-order valence-corrected chi connectivity index (χ1v) is 9.23. The number of nitrogens with zero attached hydrogens (tertiary/aromatic N) is 3. The fourth-order valence-corrected chi connectivity index (χ4v) is 4.87. The molecule has 2 saturated heterocycles. The van der Waals surface area contributed by atoms with Gasteiger partial charge in [-0.3, -0.25) is 15.0 Å². The van der Waals surface area contributed by atoms with Crippen LogP contribution in [0.2, 0.25) is 0 Å². The molecule has 1 atom stereocenters. The number of halogens is 1. The lowest BCUT2D eigenvalue weighted by molar-refractivity contribution is -0.390. The van der Waals surface area contributed by atoms with Gasteiger partial charge in [0.25, 0.3) is 0 Å². The fourth-order valence-electron chi connectivity index (χ4n) is 3.28. The highest BCUT2D eigenvalue weighted by Crippen LogP contribution is 2.29. The third-order valence-electron chi connectivity index (χ3n) is 4.57. The first-order chi connectivity index (χ1) is 11.4. The predicted octanol–water partition coefficient (Wildman–Crippen LogP) is 0.402. The summed E-state index contributed by atoms with van der Waals surface area (Å²) in [4.78, 5) is 11.7. The van der Waals surface area contributed by atoms with Gasteiger partial charge in [-0.1, -0.05) is 6.07 Å². The molecule has 0 spiro atoms. The van der Waals surface area contributed by atoms with Crippen LogP contribution in [0.1, 0.15) is 6.42 Å². The molecule has 0 aromatic heterocycles. The zero-order chi connectivity index (χ0) is 17.3. The third kappa shape index (κ3) is 3.14. The lowest BCUT2D eigenvalue weighted by Crippen LogP contribution is -2.52. The van der Waals surface area contributed by atoms with E-state index in [0.29, 0.717) is 19.1 Å². The zero-order valence-corrected chi connectivity index (χ0v) is 13.8. The van der Waals surface area contributed by atoms with Gasteiger partial charge in [-0.25, -0.2) is 8.42 Å². The second kappa shape index (κ2) is 6.71. The summed E-state index contributed by atoms with van der Waals surface area (Å²) in [7, 11) is -4.10. The van der Waals surface area contributed by atoms with E-state index in [1.54, 1.807) is 0 Å². The number of nitro groups is 1. The number of nitro benzene ring substituents is 1. The lowest BCUT2D eigenvalue weighted by Gasteiger charge is -2.37. The third-order valence-corrected chi connectivity index (χ3v) is 6.50. The fraction of sp³-hybridized carbons (Fsp3) is 0.571. The summed E-state index contributed by atoms with van der Waals surface area (Å²) in [6, 6.07) is 3.56. The average Bonchev–Trinajstić information content (AvgIpc) is 3.09. The van der Waals surface area contributed by atoms with Crippen LogP contribution < -0.4 is 5.32 Å². The van der Waals surface area contributed by atoms with Crippen molar-refractivity contribution in [3.8, 4) is 0 Å². The van der Waals surface area contributed by atoms with E-state index in [1.807, 2.05) is 0 Å². The van der Waals surface area contributed by atoms with Crippen molar-refractivity contribution < 1.29 is 17.7 Å². The van der Waals surface area contributed by atoms with Crippen molar-refractivity contribution in [2.45, 2.75) is 17.4 Å². The molecule has 0 radical (unpaired) electrons. The Labute approximate surface area is 139 Å². The van der Waals surface area contributed by atoms with Crippen LogP contribution in [0.5, 0.6) is 0 Å². The Kier molecular flexibility index (Phi) is 4.81. The van der Waals surface area contributed by atoms with Gasteiger partial charge in [-0.2, -0.15) is 8.70 Å². The zero-order valence-electron chi connectivity index (χ0n) is 13.0. The lowest BCUT2D eigenvalue weighted by atomic mass is 10.2. The van der Waals surface area contributed by atoms with Crippen molar-refractivity contribution in [3.05, 3.63) is 34.1 Å². The van der Waals surface area contributed by atoms with Crippen LogP contribution in [0.25, 0.3) is 0 Å². The van der Waals surface area contributed by atoms with E-state index in [1.165, 1.54) is 10.4 Å². The molecule has 24 heavy (non-hydrogen) atoms. The predicted molar refractivity (Wildman–Crippen MR) is 84.7 cm³/mol. The van der Waals surface area contributed by atoms with Crippen molar-refractivity contribution in [2.24, 2.45) is 0 Å². The van der Waals surface area contributed by atoms with E-state index >= 15 is 0 Å². The van der Waals surface area contributed by atoms with Crippen LogP contribution in [0.15, 0.2) is 23.1 Å². The molecule has 3 rings (SSSR count). The van der Waals surface area contributed by atoms with Crippen molar-refractivity contribution in [1.82, 2.24) is 14.5 Å².